The van der Waals surface area contributed by atoms with Gasteiger partial charge in [-0.2, -0.15) is 0 Å². The number of nitrogens with one attached hydrogen (secondary N) is 2. The topological polar surface area (TPSA) is 67.0 Å². The van der Waals surface area contributed by atoms with Crippen LogP contribution in [-0.2, 0) is 11.3 Å². The summed E-state index contributed by atoms with van der Waals surface area (Å²) in [4.78, 5) is 18.5. The molecule has 0 fully saturated rings. The molecule has 0 aliphatic rings. The van der Waals surface area contributed by atoms with Gasteiger partial charge in [-0.25, -0.2) is 4.98 Å². The molecular weight excluding hydrogens is 242 g/mol. The van der Waals surface area contributed by atoms with E-state index in [1.165, 1.54) is 0 Å². The second kappa shape index (κ2) is 6.58. The fraction of sp³-hybridized carbons (Fsp3) is 0.286. The van der Waals surface area contributed by atoms with Gasteiger partial charge in [-0.05, 0) is 18.6 Å². The summed E-state index contributed by atoms with van der Waals surface area (Å²) in [6.07, 6.45) is 3.71. The van der Waals surface area contributed by atoms with E-state index in [1.807, 2.05) is 31.2 Å². The standard InChI is InChI=1S/C14H17N3O2/c1-11-4-2-3-5-12(11)19-9-6-14(18)17-10-13-15-7-8-16-13/h2-5,7-8H,6,9-10H2,1H3,(H,15,16)(H,17,18). The fourth-order valence-electron chi connectivity index (χ4n) is 1.64. The van der Waals surface area contributed by atoms with Crippen LogP contribution >= 0.6 is 0 Å². The summed E-state index contributed by atoms with van der Waals surface area (Å²) in [5.41, 5.74) is 1.07. The Balaban J connectivity index is 1.68. The number of para-hydroxylation sites is 1. The predicted octanol–water partition coefficient (Wildman–Crippen LogP) is 1.80. The molecule has 0 atom stereocenters. The minimum atomic E-state index is -0.0509. The van der Waals surface area contributed by atoms with Crippen LogP contribution in [0.4, 0.5) is 0 Å². The van der Waals surface area contributed by atoms with Crippen molar-refractivity contribution in [2.45, 2.75) is 19.9 Å². The Kier molecular flexibility index (Phi) is 4.55. The highest BCUT2D eigenvalue weighted by atomic mass is 16.5. The van der Waals surface area contributed by atoms with E-state index in [0.717, 1.165) is 17.1 Å². The Bertz CT molecular complexity index is 523. The summed E-state index contributed by atoms with van der Waals surface area (Å²) >= 11 is 0. The number of rotatable bonds is 6. The van der Waals surface area contributed by atoms with Crippen LogP contribution in [0, 0.1) is 6.92 Å². The zero-order chi connectivity index (χ0) is 13.5. The van der Waals surface area contributed by atoms with Crippen LogP contribution in [0.15, 0.2) is 36.7 Å². The second-order valence-electron chi connectivity index (χ2n) is 4.18. The normalized spacial score (nSPS) is 10.2. The van der Waals surface area contributed by atoms with Crippen molar-refractivity contribution in [2.75, 3.05) is 6.61 Å². The summed E-state index contributed by atoms with van der Waals surface area (Å²) in [6.45, 7) is 2.76. The van der Waals surface area contributed by atoms with Crippen molar-refractivity contribution < 1.29 is 9.53 Å². The summed E-state index contributed by atoms with van der Waals surface area (Å²) in [7, 11) is 0. The van der Waals surface area contributed by atoms with Crippen molar-refractivity contribution >= 4 is 5.91 Å². The minimum Gasteiger partial charge on any atom is -0.493 e. The van der Waals surface area contributed by atoms with Crippen molar-refractivity contribution in [3.8, 4) is 5.75 Å². The zero-order valence-electron chi connectivity index (χ0n) is 10.8. The number of aryl methyl sites for hydroxylation is 1. The number of carbonyl (C=O) groups is 1. The largest absolute Gasteiger partial charge is 0.493 e. The van der Waals surface area contributed by atoms with E-state index in [9.17, 15) is 4.79 Å². The number of carbonyl (C=O) groups excluding carboxylic acids is 1. The maximum absolute atomic E-state index is 11.6. The highest BCUT2D eigenvalue weighted by molar-refractivity contribution is 5.75. The van der Waals surface area contributed by atoms with E-state index in [-0.39, 0.29) is 5.91 Å². The lowest BCUT2D eigenvalue weighted by molar-refractivity contribution is -0.121. The molecule has 5 nitrogen and oxygen atoms in total. The third-order valence-corrected chi connectivity index (χ3v) is 2.69. The third-order valence-electron chi connectivity index (χ3n) is 2.69. The first-order valence-corrected chi connectivity index (χ1v) is 6.19. The molecule has 1 aromatic carbocycles. The van der Waals surface area contributed by atoms with Crippen LogP contribution in [0.3, 0.4) is 0 Å². The number of aromatic amines is 1. The van der Waals surface area contributed by atoms with E-state index < -0.39 is 0 Å². The van der Waals surface area contributed by atoms with Gasteiger partial charge in [-0.15, -0.1) is 0 Å². The van der Waals surface area contributed by atoms with Crippen molar-refractivity contribution in [2.24, 2.45) is 0 Å². The number of imidazole rings is 1. The highest BCUT2D eigenvalue weighted by Crippen LogP contribution is 2.15. The number of ether oxygens (including phenoxy) is 1. The van der Waals surface area contributed by atoms with E-state index in [4.69, 9.17) is 4.74 Å². The van der Waals surface area contributed by atoms with Gasteiger partial charge in [0.25, 0.3) is 0 Å². The van der Waals surface area contributed by atoms with Crippen LogP contribution in [0.25, 0.3) is 0 Å². The lowest BCUT2D eigenvalue weighted by Gasteiger charge is -2.08. The molecule has 2 aromatic rings. The molecule has 0 spiro atoms. The molecule has 19 heavy (non-hydrogen) atoms. The SMILES string of the molecule is Cc1ccccc1OCCC(=O)NCc1ncc[nH]1. The number of aromatic nitrogens is 2. The molecule has 1 heterocycles. The maximum atomic E-state index is 11.6. The Labute approximate surface area is 112 Å². The number of nitrogens with zero attached hydrogens (tertiary/aromatic N) is 1. The van der Waals surface area contributed by atoms with Gasteiger partial charge in [-0.1, -0.05) is 18.2 Å². The second-order valence-corrected chi connectivity index (χ2v) is 4.18. The van der Waals surface area contributed by atoms with E-state index >= 15 is 0 Å². The first-order chi connectivity index (χ1) is 9.25. The summed E-state index contributed by atoms with van der Waals surface area (Å²) in [5.74, 6) is 1.51. The molecule has 0 aliphatic carbocycles. The molecule has 0 unspecified atom stereocenters. The number of hydrogen-bond donors (Lipinski definition) is 2. The van der Waals surface area contributed by atoms with Gasteiger partial charge in [-0.3, -0.25) is 4.79 Å². The molecule has 1 aromatic heterocycles. The molecule has 2 rings (SSSR count). The molecule has 2 N–H and O–H groups in total. The van der Waals surface area contributed by atoms with E-state index in [2.05, 4.69) is 15.3 Å². The highest BCUT2D eigenvalue weighted by Gasteiger charge is 2.04. The molecular formula is C14H17N3O2. The Hall–Kier alpha value is -2.30. The van der Waals surface area contributed by atoms with E-state index in [0.29, 0.717) is 19.6 Å². The monoisotopic (exact) mass is 259 g/mol. The van der Waals surface area contributed by atoms with Crippen molar-refractivity contribution in [1.29, 1.82) is 0 Å². The van der Waals surface area contributed by atoms with Gasteiger partial charge < -0.3 is 15.0 Å². The molecule has 0 radical (unpaired) electrons. The van der Waals surface area contributed by atoms with Gasteiger partial charge in [0, 0.05) is 12.4 Å². The van der Waals surface area contributed by atoms with Gasteiger partial charge in [0.2, 0.25) is 5.91 Å². The average molecular weight is 259 g/mol. The first-order valence-electron chi connectivity index (χ1n) is 6.19. The third kappa shape index (κ3) is 4.13. The molecule has 0 bridgehead atoms. The minimum absolute atomic E-state index is 0.0509. The predicted molar refractivity (Wildman–Crippen MR) is 71.7 cm³/mol. The van der Waals surface area contributed by atoms with Crippen LogP contribution in [0.1, 0.15) is 17.8 Å². The number of amides is 1. The van der Waals surface area contributed by atoms with Crippen molar-refractivity contribution in [3.05, 3.63) is 48.0 Å². The molecule has 0 aliphatic heterocycles. The van der Waals surface area contributed by atoms with Gasteiger partial charge in [0.05, 0.1) is 19.6 Å². The van der Waals surface area contributed by atoms with Crippen LogP contribution in [-0.4, -0.2) is 22.5 Å². The summed E-state index contributed by atoms with van der Waals surface area (Å²) < 4.78 is 5.56. The fourth-order valence-corrected chi connectivity index (χ4v) is 1.64. The van der Waals surface area contributed by atoms with E-state index in [1.54, 1.807) is 12.4 Å². The van der Waals surface area contributed by atoms with Crippen molar-refractivity contribution in [1.82, 2.24) is 15.3 Å². The van der Waals surface area contributed by atoms with Crippen LogP contribution in [0.2, 0.25) is 0 Å². The molecule has 0 saturated heterocycles. The molecule has 100 valence electrons. The van der Waals surface area contributed by atoms with Gasteiger partial charge >= 0.3 is 0 Å². The zero-order valence-corrected chi connectivity index (χ0v) is 10.8. The number of H-pyrrole nitrogens is 1. The Morgan fingerprint density at radius 1 is 1.42 bits per heavy atom. The molecule has 0 saturated carbocycles. The van der Waals surface area contributed by atoms with Gasteiger partial charge in [0.1, 0.15) is 11.6 Å². The summed E-state index contributed by atoms with van der Waals surface area (Å²) in [5, 5.41) is 2.77. The van der Waals surface area contributed by atoms with Crippen LogP contribution < -0.4 is 10.1 Å². The molecule has 5 heteroatoms. The lowest BCUT2D eigenvalue weighted by atomic mass is 10.2. The van der Waals surface area contributed by atoms with Crippen molar-refractivity contribution in [3.63, 3.8) is 0 Å². The smallest absolute Gasteiger partial charge is 0.223 e. The van der Waals surface area contributed by atoms with Crippen LogP contribution in [0.5, 0.6) is 5.75 Å². The van der Waals surface area contributed by atoms with Gasteiger partial charge in [0.15, 0.2) is 0 Å². The summed E-state index contributed by atoms with van der Waals surface area (Å²) in [6, 6.07) is 7.75. The Morgan fingerprint density at radius 3 is 3.00 bits per heavy atom. The first kappa shape index (κ1) is 13.1. The molecule has 1 amide bonds. The maximum Gasteiger partial charge on any atom is 0.223 e. The lowest BCUT2D eigenvalue weighted by Crippen LogP contribution is -2.25. The quantitative estimate of drug-likeness (QED) is 0.831. The number of benzene rings is 1. The average Bonchev–Trinajstić information content (AvgIpc) is 2.92. The Morgan fingerprint density at radius 2 is 2.26 bits per heavy atom. The number of hydrogen-bond acceptors (Lipinski definition) is 3.